The normalized spacial score (nSPS) is 13.8. The first-order valence-corrected chi connectivity index (χ1v) is 7.06. The zero-order chi connectivity index (χ0) is 17.3. The number of nitrogens with zero attached hydrogens (tertiary/aromatic N) is 3. The van der Waals surface area contributed by atoms with Gasteiger partial charge < -0.3 is 14.4 Å². The number of H-pyrrole nitrogens is 1. The van der Waals surface area contributed by atoms with Gasteiger partial charge in [-0.15, -0.1) is 0 Å². The molecule has 1 aliphatic rings. The van der Waals surface area contributed by atoms with E-state index in [4.69, 9.17) is 4.74 Å². The van der Waals surface area contributed by atoms with Gasteiger partial charge >= 0.3 is 12.3 Å². The summed E-state index contributed by atoms with van der Waals surface area (Å²) in [5.74, 6) is -0.0548. The Kier molecular flexibility index (Phi) is 4.19. The van der Waals surface area contributed by atoms with E-state index in [0.29, 0.717) is 11.6 Å². The molecule has 1 amide bonds. The molecule has 0 saturated carbocycles. The van der Waals surface area contributed by atoms with Crippen LogP contribution in [0.1, 0.15) is 16.2 Å². The number of alkyl halides is 2. The molecule has 128 valence electrons. The van der Waals surface area contributed by atoms with Gasteiger partial charge in [-0.25, -0.2) is 9.89 Å². The molecule has 0 aliphatic carbocycles. The van der Waals surface area contributed by atoms with E-state index in [-0.39, 0.29) is 36.6 Å². The predicted octanol–water partition coefficient (Wildman–Crippen LogP) is 0.837. The van der Waals surface area contributed by atoms with Gasteiger partial charge in [-0.1, -0.05) is 0 Å². The molecule has 0 bridgehead atoms. The van der Waals surface area contributed by atoms with E-state index in [0.717, 1.165) is 0 Å². The van der Waals surface area contributed by atoms with Crippen LogP contribution >= 0.6 is 0 Å². The number of carbonyl (C=O) groups excluding carboxylic acids is 1. The van der Waals surface area contributed by atoms with Crippen molar-refractivity contribution in [1.29, 1.82) is 0 Å². The lowest BCUT2D eigenvalue weighted by molar-refractivity contribution is -0.0503. The zero-order valence-electron chi connectivity index (χ0n) is 12.7. The number of hydrogen-bond donors (Lipinski definition) is 1. The maximum absolute atomic E-state index is 12.7. The SMILES string of the molecule is COc1ccc(C(=O)N2CCn3c(n[nH]c3=O)C2)c(OC(F)F)c1. The van der Waals surface area contributed by atoms with Crippen molar-refractivity contribution in [3.05, 3.63) is 40.1 Å². The van der Waals surface area contributed by atoms with Crippen LogP contribution in [0.25, 0.3) is 0 Å². The Morgan fingerprint density at radius 1 is 1.38 bits per heavy atom. The maximum atomic E-state index is 12.7. The minimum atomic E-state index is -3.07. The first kappa shape index (κ1) is 16.0. The average molecular weight is 340 g/mol. The van der Waals surface area contributed by atoms with Crippen molar-refractivity contribution < 1.29 is 23.0 Å². The highest BCUT2D eigenvalue weighted by atomic mass is 19.3. The lowest BCUT2D eigenvalue weighted by Gasteiger charge is -2.27. The van der Waals surface area contributed by atoms with Gasteiger partial charge in [0.2, 0.25) is 0 Å². The molecule has 2 aromatic rings. The van der Waals surface area contributed by atoms with Crippen LogP contribution in [0.5, 0.6) is 11.5 Å². The van der Waals surface area contributed by atoms with E-state index in [1.54, 1.807) is 0 Å². The summed E-state index contributed by atoms with van der Waals surface area (Å²) in [6, 6.07) is 4.08. The summed E-state index contributed by atoms with van der Waals surface area (Å²) in [6.45, 7) is -2.44. The van der Waals surface area contributed by atoms with Crippen molar-refractivity contribution >= 4 is 5.91 Å². The Morgan fingerprint density at radius 3 is 2.88 bits per heavy atom. The van der Waals surface area contributed by atoms with Crippen LogP contribution in [-0.2, 0) is 13.1 Å². The summed E-state index contributed by atoms with van der Waals surface area (Å²) in [5.41, 5.74) is -0.356. The number of halogens is 2. The molecule has 0 unspecified atom stereocenters. The van der Waals surface area contributed by atoms with Crippen LogP contribution in [0.15, 0.2) is 23.0 Å². The number of aromatic nitrogens is 3. The number of aromatic amines is 1. The first-order chi connectivity index (χ1) is 11.5. The number of methoxy groups -OCH3 is 1. The third-order valence-electron chi connectivity index (χ3n) is 3.69. The molecule has 0 spiro atoms. The predicted molar refractivity (Wildman–Crippen MR) is 77.2 cm³/mol. The van der Waals surface area contributed by atoms with Crippen LogP contribution in [0.2, 0.25) is 0 Å². The van der Waals surface area contributed by atoms with Gasteiger partial charge in [0.1, 0.15) is 11.5 Å². The summed E-state index contributed by atoms with van der Waals surface area (Å²) in [5, 5.41) is 6.15. The lowest BCUT2D eigenvalue weighted by Crippen LogP contribution is -2.40. The quantitative estimate of drug-likeness (QED) is 0.891. The molecule has 0 radical (unpaired) electrons. The van der Waals surface area contributed by atoms with Crippen molar-refractivity contribution in [1.82, 2.24) is 19.7 Å². The van der Waals surface area contributed by atoms with Crippen LogP contribution < -0.4 is 15.2 Å². The Labute approximate surface area is 134 Å². The van der Waals surface area contributed by atoms with Gasteiger partial charge in [0.05, 0.1) is 19.2 Å². The van der Waals surface area contributed by atoms with E-state index in [1.807, 2.05) is 0 Å². The largest absolute Gasteiger partial charge is 0.497 e. The van der Waals surface area contributed by atoms with E-state index >= 15 is 0 Å². The molecule has 8 nitrogen and oxygen atoms in total. The second-order valence-electron chi connectivity index (χ2n) is 5.06. The topological polar surface area (TPSA) is 89.5 Å². The molecule has 24 heavy (non-hydrogen) atoms. The number of nitrogens with one attached hydrogen (secondary N) is 1. The fourth-order valence-corrected chi connectivity index (χ4v) is 2.52. The summed E-state index contributed by atoms with van der Waals surface area (Å²) in [7, 11) is 1.38. The summed E-state index contributed by atoms with van der Waals surface area (Å²) < 4.78 is 36.0. The number of rotatable bonds is 4. The van der Waals surface area contributed by atoms with Crippen molar-refractivity contribution in [3.8, 4) is 11.5 Å². The van der Waals surface area contributed by atoms with Gasteiger partial charge in [0, 0.05) is 19.2 Å². The Morgan fingerprint density at radius 2 is 2.17 bits per heavy atom. The molecule has 3 rings (SSSR count). The van der Waals surface area contributed by atoms with Gasteiger partial charge in [0.15, 0.2) is 5.82 Å². The smallest absolute Gasteiger partial charge is 0.387 e. The summed E-state index contributed by atoms with van der Waals surface area (Å²) in [4.78, 5) is 25.5. The molecule has 2 heterocycles. The highest BCUT2D eigenvalue weighted by Gasteiger charge is 2.27. The number of hydrogen-bond acceptors (Lipinski definition) is 5. The van der Waals surface area contributed by atoms with E-state index in [1.165, 1.54) is 34.8 Å². The van der Waals surface area contributed by atoms with Gasteiger partial charge in [-0.2, -0.15) is 13.9 Å². The molecular weight excluding hydrogens is 326 g/mol. The van der Waals surface area contributed by atoms with Crippen molar-refractivity contribution in [3.63, 3.8) is 0 Å². The number of benzene rings is 1. The highest BCUT2D eigenvalue weighted by molar-refractivity contribution is 5.97. The van der Waals surface area contributed by atoms with E-state index in [9.17, 15) is 18.4 Å². The van der Waals surface area contributed by atoms with Crippen LogP contribution in [-0.4, -0.2) is 45.8 Å². The molecule has 0 atom stereocenters. The third kappa shape index (κ3) is 2.94. The van der Waals surface area contributed by atoms with Crippen molar-refractivity contribution in [2.24, 2.45) is 0 Å². The molecule has 1 aromatic carbocycles. The zero-order valence-corrected chi connectivity index (χ0v) is 12.7. The monoisotopic (exact) mass is 340 g/mol. The standard InChI is InChI=1S/C14H14F2N4O4/c1-23-8-2-3-9(10(6-8)24-13(15)16)12(21)19-4-5-20-11(7-19)17-18-14(20)22/h2-3,6,13H,4-5,7H2,1H3,(H,18,22). The first-order valence-electron chi connectivity index (χ1n) is 7.06. The molecular formula is C14H14F2N4O4. The number of fused-ring (bicyclic) bond motifs is 1. The Balaban J connectivity index is 1.88. The molecule has 10 heteroatoms. The second-order valence-corrected chi connectivity index (χ2v) is 5.06. The molecule has 0 saturated heterocycles. The maximum Gasteiger partial charge on any atom is 0.387 e. The van der Waals surface area contributed by atoms with Gasteiger partial charge in [-0.05, 0) is 12.1 Å². The van der Waals surface area contributed by atoms with Gasteiger partial charge in [-0.3, -0.25) is 9.36 Å². The Hall–Kier alpha value is -2.91. The molecule has 0 fully saturated rings. The molecule has 1 aromatic heterocycles. The molecule has 1 N–H and O–H groups in total. The second kappa shape index (κ2) is 6.30. The van der Waals surface area contributed by atoms with Crippen LogP contribution in [0.4, 0.5) is 8.78 Å². The summed E-state index contributed by atoms with van der Waals surface area (Å²) >= 11 is 0. The minimum Gasteiger partial charge on any atom is -0.497 e. The minimum absolute atomic E-state index is 0.0116. The summed E-state index contributed by atoms with van der Waals surface area (Å²) in [6.07, 6.45) is 0. The fraction of sp³-hybridized carbons (Fsp3) is 0.357. The fourth-order valence-electron chi connectivity index (χ4n) is 2.52. The highest BCUT2D eigenvalue weighted by Crippen LogP contribution is 2.28. The third-order valence-corrected chi connectivity index (χ3v) is 3.69. The number of ether oxygens (including phenoxy) is 2. The van der Waals surface area contributed by atoms with Crippen molar-refractivity contribution in [2.45, 2.75) is 19.7 Å². The van der Waals surface area contributed by atoms with Crippen molar-refractivity contribution in [2.75, 3.05) is 13.7 Å². The lowest BCUT2D eigenvalue weighted by atomic mass is 10.1. The molecule has 1 aliphatic heterocycles. The Bertz CT molecular complexity index is 817. The van der Waals surface area contributed by atoms with Gasteiger partial charge in [0.25, 0.3) is 5.91 Å². The van der Waals surface area contributed by atoms with Crippen LogP contribution in [0, 0.1) is 0 Å². The van der Waals surface area contributed by atoms with E-state index < -0.39 is 12.5 Å². The van der Waals surface area contributed by atoms with E-state index in [2.05, 4.69) is 14.9 Å². The van der Waals surface area contributed by atoms with Crippen LogP contribution in [0.3, 0.4) is 0 Å². The number of amides is 1. The number of carbonyl (C=O) groups is 1. The average Bonchev–Trinajstić information content (AvgIpc) is 2.94.